The van der Waals surface area contributed by atoms with Crippen LogP contribution >= 0.6 is 0 Å². The number of likely N-dealkylation sites (tertiary alicyclic amines) is 1. The number of hydrogen-bond acceptors (Lipinski definition) is 4. The second-order valence-electron chi connectivity index (χ2n) is 4.92. The Hall–Kier alpha value is -1.36. The SMILES string of the molecule is Cc1nocc1C(=O)N1CCC2CCNCC21. The molecule has 0 spiro atoms. The minimum absolute atomic E-state index is 0.0694. The third-order valence-electron chi connectivity index (χ3n) is 3.97. The molecule has 0 radical (unpaired) electrons. The van der Waals surface area contributed by atoms with Crippen LogP contribution in [0.3, 0.4) is 0 Å². The second-order valence-corrected chi connectivity index (χ2v) is 4.92. The van der Waals surface area contributed by atoms with Crippen molar-refractivity contribution in [2.45, 2.75) is 25.8 Å². The lowest BCUT2D eigenvalue weighted by Gasteiger charge is -2.32. The molecule has 2 unspecified atom stereocenters. The number of nitrogens with one attached hydrogen (secondary N) is 1. The topological polar surface area (TPSA) is 58.4 Å². The molecule has 2 atom stereocenters. The predicted octanol–water partition coefficient (Wildman–Crippen LogP) is 0.807. The van der Waals surface area contributed by atoms with Crippen molar-refractivity contribution in [3.05, 3.63) is 17.5 Å². The van der Waals surface area contributed by atoms with Gasteiger partial charge in [-0.25, -0.2) is 0 Å². The molecule has 0 aromatic carbocycles. The average molecular weight is 235 g/mol. The van der Waals surface area contributed by atoms with Gasteiger partial charge in [-0.05, 0) is 32.2 Å². The lowest BCUT2D eigenvalue weighted by molar-refractivity contribution is 0.0701. The molecule has 17 heavy (non-hydrogen) atoms. The highest BCUT2D eigenvalue weighted by atomic mass is 16.5. The summed E-state index contributed by atoms with van der Waals surface area (Å²) in [4.78, 5) is 14.4. The first-order valence-corrected chi connectivity index (χ1v) is 6.20. The van der Waals surface area contributed by atoms with Gasteiger partial charge in [-0.1, -0.05) is 5.16 Å². The monoisotopic (exact) mass is 235 g/mol. The molecule has 5 nitrogen and oxygen atoms in total. The number of rotatable bonds is 1. The van der Waals surface area contributed by atoms with Crippen molar-refractivity contribution in [3.8, 4) is 0 Å². The quantitative estimate of drug-likeness (QED) is 0.782. The molecule has 1 amide bonds. The summed E-state index contributed by atoms with van der Waals surface area (Å²) in [6, 6.07) is 0.352. The normalized spacial score (nSPS) is 28.2. The molecule has 2 fully saturated rings. The molecule has 0 saturated carbocycles. The molecule has 1 N–H and O–H groups in total. The van der Waals surface area contributed by atoms with Crippen molar-refractivity contribution in [2.75, 3.05) is 19.6 Å². The van der Waals surface area contributed by atoms with Crippen LogP contribution in [0.25, 0.3) is 0 Å². The van der Waals surface area contributed by atoms with Crippen LogP contribution in [0, 0.1) is 12.8 Å². The fourth-order valence-corrected chi connectivity index (χ4v) is 2.97. The summed E-state index contributed by atoms with van der Waals surface area (Å²) in [7, 11) is 0. The van der Waals surface area contributed by atoms with Crippen LogP contribution in [-0.4, -0.2) is 41.6 Å². The van der Waals surface area contributed by atoms with Gasteiger partial charge in [0.05, 0.1) is 5.69 Å². The number of aryl methyl sites for hydroxylation is 1. The van der Waals surface area contributed by atoms with Crippen LogP contribution in [0.2, 0.25) is 0 Å². The van der Waals surface area contributed by atoms with Crippen LogP contribution in [0.4, 0.5) is 0 Å². The first kappa shape index (κ1) is 10.8. The number of fused-ring (bicyclic) bond motifs is 1. The van der Waals surface area contributed by atoms with Gasteiger partial charge in [-0.3, -0.25) is 4.79 Å². The Morgan fingerprint density at radius 2 is 2.47 bits per heavy atom. The van der Waals surface area contributed by atoms with Gasteiger partial charge in [-0.2, -0.15) is 0 Å². The second kappa shape index (κ2) is 4.14. The first-order valence-electron chi connectivity index (χ1n) is 6.20. The van der Waals surface area contributed by atoms with E-state index in [0.29, 0.717) is 23.2 Å². The zero-order valence-electron chi connectivity index (χ0n) is 9.98. The lowest BCUT2D eigenvalue weighted by atomic mass is 9.93. The van der Waals surface area contributed by atoms with Gasteiger partial charge in [0.1, 0.15) is 11.8 Å². The molecule has 2 saturated heterocycles. The maximum atomic E-state index is 12.4. The molecular formula is C12H17N3O2. The van der Waals surface area contributed by atoms with Gasteiger partial charge in [0.2, 0.25) is 0 Å². The summed E-state index contributed by atoms with van der Waals surface area (Å²) in [6.07, 6.45) is 3.76. The summed E-state index contributed by atoms with van der Waals surface area (Å²) in [5.74, 6) is 0.736. The van der Waals surface area contributed by atoms with E-state index in [2.05, 4.69) is 10.5 Å². The summed E-state index contributed by atoms with van der Waals surface area (Å²) in [5.41, 5.74) is 1.29. The van der Waals surface area contributed by atoms with E-state index in [1.54, 1.807) is 0 Å². The van der Waals surface area contributed by atoms with Gasteiger partial charge in [0, 0.05) is 19.1 Å². The maximum Gasteiger partial charge on any atom is 0.259 e. The van der Waals surface area contributed by atoms with Crippen molar-refractivity contribution in [3.63, 3.8) is 0 Å². The fraction of sp³-hybridized carbons (Fsp3) is 0.667. The summed E-state index contributed by atoms with van der Waals surface area (Å²) in [6.45, 7) is 4.67. The van der Waals surface area contributed by atoms with Crippen LogP contribution in [0.1, 0.15) is 28.9 Å². The largest absolute Gasteiger partial charge is 0.364 e. The van der Waals surface area contributed by atoms with E-state index in [-0.39, 0.29) is 5.91 Å². The predicted molar refractivity (Wildman–Crippen MR) is 61.7 cm³/mol. The van der Waals surface area contributed by atoms with Gasteiger partial charge < -0.3 is 14.7 Å². The smallest absolute Gasteiger partial charge is 0.259 e. The molecule has 2 aliphatic rings. The summed E-state index contributed by atoms with van der Waals surface area (Å²) < 4.78 is 4.85. The highest BCUT2D eigenvalue weighted by Crippen LogP contribution is 2.30. The molecule has 5 heteroatoms. The van der Waals surface area contributed by atoms with Crippen LogP contribution in [-0.2, 0) is 0 Å². The Morgan fingerprint density at radius 3 is 3.24 bits per heavy atom. The molecule has 1 aromatic rings. The van der Waals surface area contributed by atoms with Gasteiger partial charge in [0.15, 0.2) is 0 Å². The van der Waals surface area contributed by atoms with E-state index in [0.717, 1.165) is 26.1 Å². The zero-order chi connectivity index (χ0) is 11.8. The van der Waals surface area contributed by atoms with E-state index in [1.807, 2.05) is 11.8 Å². The van der Waals surface area contributed by atoms with E-state index in [1.165, 1.54) is 12.7 Å². The Morgan fingerprint density at radius 1 is 1.59 bits per heavy atom. The van der Waals surface area contributed by atoms with E-state index in [9.17, 15) is 4.79 Å². The minimum Gasteiger partial charge on any atom is -0.364 e. The van der Waals surface area contributed by atoms with Crippen LogP contribution < -0.4 is 5.32 Å². The molecular weight excluding hydrogens is 218 g/mol. The van der Waals surface area contributed by atoms with Crippen molar-refractivity contribution in [2.24, 2.45) is 5.92 Å². The Labute approximate surface area is 100 Å². The fourth-order valence-electron chi connectivity index (χ4n) is 2.97. The number of nitrogens with zero attached hydrogens (tertiary/aromatic N) is 2. The Kier molecular flexibility index (Phi) is 2.63. The first-order chi connectivity index (χ1) is 8.27. The number of aromatic nitrogens is 1. The summed E-state index contributed by atoms with van der Waals surface area (Å²) >= 11 is 0. The third-order valence-corrected chi connectivity index (χ3v) is 3.97. The molecule has 2 aliphatic heterocycles. The van der Waals surface area contributed by atoms with Gasteiger partial charge >= 0.3 is 0 Å². The highest BCUT2D eigenvalue weighted by Gasteiger charge is 2.39. The molecule has 0 bridgehead atoms. The Balaban J connectivity index is 1.81. The molecule has 92 valence electrons. The van der Waals surface area contributed by atoms with Crippen molar-refractivity contribution in [1.29, 1.82) is 0 Å². The van der Waals surface area contributed by atoms with Crippen molar-refractivity contribution >= 4 is 5.91 Å². The average Bonchev–Trinajstić information content (AvgIpc) is 2.94. The molecule has 3 rings (SSSR count). The number of piperidine rings is 1. The number of carbonyl (C=O) groups is 1. The summed E-state index contributed by atoms with van der Waals surface area (Å²) in [5, 5.41) is 7.14. The van der Waals surface area contributed by atoms with E-state index >= 15 is 0 Å². The van der Waals surface area contributed by atoms with Crippen molar-refractivity contribution < 1.29 is 9.32 Å². The minimum atomic E-state index is 0.0694. The third kappa shape index (κ3) is 1.74. The zero-order valence-corrected chi connectivity index (χ0v) is 9.98. The van der Waals surface area contributed by atoms with E-state index in [4.69, 9.17) is 4.52 Å². The maximum absolute atomic E-state index is 12.4. The van der Waals surface area contributed by atoms with E-state index < -0.39 is 0 Å². The van der Waals surface area contributed by atoms with Crippen LogP contribution in [0.5, 0.6) is 0 Å². The van der Waals surface area contributed by atoms with Crippen molar-refractivity contribution in [1.82, 2.24) is 15.4 Å². The van der Waals surface area contributed by atoms with Crippen LogP contribution in [0.15, 0.2) is 10.8 Å². The van der Waals surface area contributed by atoms with Gasteiger partial charge in [0.25, 0.3) is 5.91 Å². The number of carbonyl (C=O) groups excluding carboxylic acids is 1. The number of hydrogen-bond donors (Lipinski definition) is 1. The highest BCUT2D eigenvalue weighted by molar-refractivity contribution is 5.95. The molecule has 3 heterocycles. The Bertz CT molecular complexity index is 429. The number of amides is 1. The van der Waals surface area contributed by atoms with Gasteiger partial charge in [-0.15, -0.1) is 0 Å². The lowest BCUT2D eigenvalue weighted by Crippen LogP contribution is -2.48. The molecule has 0 aliphatic carbocycles. The molecule has 1 aromatic heterocycles. The standard InChI is InChI=1S/C12H17N3O2/c1-8-10(7-17-14-8)12(16)15-5-3-9-2-4-13-6-11(9)15/h7,9,11,13H,2-6H2,1H3.